The van der Waals surface area contributed by atoms with Crippen LogP contribution in [0.2, 0.25) is 0 Å². The van der Waals surface area contributed by atoms with Gasteiger partial charge in [0.25, 0.3) is 11.7 Å². The zero-order valence-corrected chi connectivity index (χ0v) is 12.0. The molecular weight excluding hydrogens is 296 g/mol. The van der Waals surface area contributed by atoms with Crippen LogP contribution in [0.25, 0.3) is 0 Å². The summed E-state index contributed by atoms with van der Waals surface area (Å²) >= 11 is 0.393. The van der Waals surface area contributed by atoms with Crippen molar-refractivity contribution in [2.45, 2.75) is 10.7 Å². The molecule has 21 heavy (non-hydrogen) atoms. The molecule has 0 bridgehead atoms. The van der Waals surface area contributed by atoms with Crippen LogP contribution >= 0.6 is 11.8 Å². The number of hydrogen-bond acceptors (Lipinski definition) is 4. The molecule has 4 nitrogen and oxygen atoms in total. The van der Waals surface area contributed by atoms with Gasteiger partial charge in [0.05, 0.1) is 11.3 Å². The average Bonchev–Trinajstić information content (AvgIpc) is 2.48. The van der Waals surface area contributed by atoms with Gasteiger partial charge in [0, 0.05) is 30.0 Å². The number of carbonyl (C=O) groups is 1. The Morgan fingerprint density at radius 1 is 1.24 bits per heavy atom. The van der Waals surface area contributed by atoms with Crippen LogP contribution in [0.4, 0.5) is 20.2 Å². The van der Waals surface area contributed by atoms with Gasteiger partial charge in [0.15, 0.2) is 0 Å². The van der Waals surface area contributed by atoms with Gasteiger partial charge in [-0.2, -0.15) is 8.78 Å². The molecule has 2 aromatic rings. The summed E-state index contributed by atoms with van der Waals surface area (Å²) in [5, 5.41) is 5.52. The van der Waals surface area contributed by atoms with Crippen LogP contribution in [0.5, 0.6) is 0 Å². The number of hydrogen-bond donors (Lipinski definition) is 2. The summed E-state index contributed by atoms with van der Waals surface area (Å²) in [4.78, 5) is 16.5. The molecular formula is C14H13F2N3OS. The average molecular weight is 309 g/mol. The van der Waals surface area contributed by atoms with E-state index in [0.29, 0.717) is 33.6 Å². The van der Waals surface area contributed by atoms with Gasteiger partial charge in [-0.15, -0.1) is 0 Å². The Bertz CT molecular complexity index is 637. The van der Waals surface area contributed by atoms with E-state index < -0.39 is 11.7 Å². The number of alkyl halides is 2. The molecule has 0 unspecified atom stereocenters. The molecule has 0 aliphatic heterocycles. The molecule has 0 atom stereocenters. The lowest BCUT2D eigenvalue weighted by atomic mass is 10.2. The molecule has 0 aliphatic rings. The van der Waals surface area contributed by atoms with E-state index in [0.717, 1.165) is 0 Å². The molecule has 0 fully saturated rings. The van der Waals surface area contributed by atoms with E-state index >= 15 is 0 Å². The predicted octanol–water partition coefficient (Wildman–Crippen LogP) is 3.69. The first-order valence-electron chi connectivity index (χ1n) is 6.08. The fraction of sp³-hybridized carbons (Fsp3) is 0.143. The van der Waals surface area contributed by atoms with Crippen molar-refractivity contribution in [3.8, 4) is 0 Å². The minimum atomic E-state index is -2.55. The Balaban J connectivity index is 2.24. The van der Waals surface area contributed by atoms with Crippen molar-refractivity contribution in [1.29, 1.82) is 0 Å². The second kappa shape index (κ2) is 7.03. The number of pyridine rings is 1. The quantitative estimate of drug-likeness (QED) is 0.827. The smallest absolute Gasteiger partial charge is 0.288 e. The molecule has 7 heteroatoms. The van der Waals surface area contributed by atoms with Crippen molar-refractivity contribution >= 4 is 29.0 Å². The van der Waals surface area contributed by atoms with Crippen LogP contribution in [0.1, 0.15) is 10.4 Å². The Morgan fingerprint density at radius 2 is 2.00 bits per heavy atom. The number of rotatable bonds is 5. The molecule has 110 valence electrons. The second-order valence-corrected chi connectivity index (χ2v) is 5.03. The molecule has 1 aromatic carbocycles. The molecule has 0 spiro atoms. The van der Waals surface area contributed by atoms with Gasteiger partial charge in [0.1, 0.15) is 0 Å². The lowest BCUT2D eigenvalue weighted by molar-refractivity contribution is 0.102. The second-order valence-electron chi connectivity index (χ2n) is 4.00. The van der Waals surface area contributed by atoms with Gasteiger partial charge in [-0.1, -0.05) is 23.9 Å². The van der Waals surface area contributed by atoms with Gasteiger partial charge in [-0.3, -0.25) is 9.78 Å². The zero-order valence-electron chi connectivity index (χ0n) is 11.1. The summed E-state index contributed by atoms with van der Waals surface area (Å²) in [6, 6.07) is 8.10. The Morgan fingerprint density at radius 3 is 2.71 bits per heavy atom. The number of nitrogens with one attached hydrogen (secondary N) is 2. The summed E-state index contributed by atoms with van der Waals surface area (Å²) in [6.45, 7) is 0. The number of aromatic nitrogens is 1. The fourth-order valence-electron chi connectivity index (χ4n) is 1.75. The van der Waals surface area contributed by atoms with Crippen LogP contribution in [-0.2, 0) is 0 Å². The summed E-state index contributed by atoms with van der Waals surface area (Å²) in [7, 11) is 1.69. The zero-order chi connectivity index (χ0) is 15.2. The van der Waals surface area contributed by atoms with Crippen LogP contribution in [0.3, 0.4) is 0 Å². The number of amides is 1. The molecule has 0 saturated heterocycles. The highest BCUT2D eigenvalue weighted by molar-refractivity contribution is 7.99. The first-order valence-corrected chi connectivity index (χ1v) is 6.96. The van der Waals surface area contributed by atoms with Crippen LogP contribution in [0, 0.1) is 0 Å². The number of thioether (sulfide) groups is 1. The lowest BCUT2D eigenvalue weighted by Crippen LogP contribution is -2.15. The number of benzene rings is 1. The number of halogens is 2. The molecule has 2 rings (SSSR count). The van der Waals surface area contributed by atoms with E-state index in [-0.39, 0.29) is 0 Å². The first kappa shape index (κ1) is 15.2. The topological polar surface area (TPSA) is 54.0 Å². The predicted molar refractivity (Wildman–Crippen MR) is 80.0 cm³/mol. The highest BCUT2D eigenvalue weighted by Crippen LogP contribution is 2.32. The molecule has 2 N–H and O–H groups in total. The summed E-state index contributed by atoms with van der Waals surface area (Å²) in [5.74, 6) is -2.95. The van der Waals surface area contributed by atoms with Gasteiger partial charge in [0.2, 0.25) is 0 Å². The largest absolute Gasteiger partial charge is 0.387 e. The minimum Gasteiger partial charge on any atom is -0.387 e. The third kappa shape index (κ3) is 3.91. The van der Waals surface area contributed by atoms with E-state index in [9.17, 15) is 13.6 Å². The summed E-state index contributed by atoms with van der Waals surface area (Å²) < 4.78 is 25.0. The lowest BCUT2D eigenvalue weighted by Gasteiger charge is -2.12. The summed E-state index contributed by atoms with van der Waals surface area (Å²) in [5.41, 5.74) is 1.30. The Kier molecular flexibility index (Phi) is 5.10. The van der Waals surface area contributed by atoms with Gasteiger partial charge in [-0.25, -0.2) is 0 Å². The van der Waals surface area contributed by atoms with E-state index in [1.54, 1.807) is 37.5 Å². The van der Waals surface area contributed by atoms with Crippen LogP contribution in [0.15, 0.2) is 47.6 Å². The maximum absolute atomic E-state index is 12.5. The number of nitrogens with zero attached hydrogens (tertiary/aromatic N) is 1. The maximum atomic E-state index is 12.5. The minimum absolute atomic E-state index is 0.316. The normalized spacial score (nSPS) is 10.5. The van der Waals surface area contributed by atoms with Gasteiger partial charge < -0.3 is 10.6 Å². The van der Waals surface area contributed by atoms with Crippen molar-refractivity contribution in [1.82, 2.24) is 4.98 Å². The van der Waals surface area contributed by atoms with E-state index in [1.807, 2.05) is 0 Å². The molecule has 1 amide bonds. The van der Waals surface area contributed by atoms with E-state index in [2.05, 4.69) is 15.6 Å². The number of anilines is 2. The maximum Gasteiger partial charge on any atom is 0.288 e. The number of carbonyl (C=O) groups excluding carboxylic acids is 1. The van der Waals surface area contributed by atoms with Crippen LogP contribution in [-0.4, -0.2) is 23.7 Å². The highest BCUT2D eigenvalue weighted by atomic mass is 32.2. The van der Waals surface area contributed by atoms with Crippen LogP contribution < -0.4 is 10.6 Å². The highest BCUT2D eigenvalue weighted by Gasteiger charge is 2.15. The van der Waals surface area contributed by atoms with Gasteiger partial charge in [-0.05, 0) is 18.2 Å². The van der Waals surface area contributed by atoms with Crippen molar-refractivity contribution in [2.75, 3.05) is 17.7 Å². The third-order valence-corrected chi connectivity index (χ3v) is 3.47. The van der Waals surface area contributed by atoms with Crippen molar-refractivity contribution in [2.24, 2.45) is 0 Å². The molecule has 0 aliphatic carbocycles. The third-order valence-electron chi connectivity index (χ3n) is 2.69. The molecule has 0 saturated carbocycles. The molecule has 1 aromatic heterocycles. The standard InChI is InChI=1S/C14H13F2N3OS/c1-17-10-6-7-18-8-9(10)13(20)19-11-4-2-3-5-12(11)21-14(15)16/h2-8,14H,1H3,(H,17,18)(H,19,20). The van der Waals surface area contributed by atoms with E-state index in [4.69, 9.17) is 0 Å². The Hall–Kier alpha value is -2.15. The monoisotopic (exact) mass is 309 g/mol. The van der Waals surface area contributed by atoms with Crippen molar-refractivity contribution in [3.05, 3.63) is 48.3 Å². The molecule has 0 radical (unpaired) electrons. The van der Waals surface area contributed by atoms with Crippen molar-refractivity contribution in [3.63, 3.8) is 0 Å². The first-order chi connectivity index (χ1) is 10.1. The number of para-hydroxylation sites is 1. The fourth-order valence-corrected chi connectivity index (χ4v) is 2.35. The SMILES string of the molecule is CNc1ccncc1C(=O)Nc1ccccc1SC(F)F. The van der Waals surface area contributed by atoms with Gasteiger partial charge >= 0.3 is 0 Å². The molecule has 1 heterocycles. The summed E-state index contributed by atoms with van der Waals surface area (Å²) in [6.07, 6.45) is 2.98. The van der Waals surface area contributed by atoms with Crippen molar-refractivity contribution < 1.29 is 13.6 Å². The Labute approximate surface area is 125 Å². The van der Waals surface area contributed by atoms with E-state index in [1.165, 1.54) is 12.3 Å².